The molecule has 6 heteroatoms. The highest BCUT2D eigenvalue weighted by molar-refractivity contribution is 8.00. The molecule has 2 saturated carbocycles. The molecule has 112 valence electrons. The number of rotatable bonds is 6. The van der Waals surface area contributed by atoms with Gasteiger partial charge in [-0.3, -0.25) is 4.90 Å². The lowest BCUT2D eigenvalue weighted by atomic mass is 10.2. The van der Waals surface area contributed by atoms with E-state index < -0.39 is 12.0 Å². The van der Waals surface area contributed by atoms with Crippen LogP contribution in [0, 0.1) is 11.8 Å². The number of nitrogens with zero attached hydrogens (tertiary/aromatic N) is 1. The van der Waals surface area contributed by atoms with Crippen molar-refractivity contribution in [1.29, 1.82) is 0 Å². The molecular formula is C14H22N2O3S. The van der Waals surface area contributed by atoms with Crippen LogP contribution < -0.4 is 5.32 Å². The van der Waals surface area contributed by atoms with E-state index in [-0.39, 0.29) is 11.4 Å². The summed E-state index contributed by atoms with van der Waals surface area (Å²) < 4.78 is 0. The Morgan fingerprint density at radius 1 is 1.25 bits per heavy atom. The third kappa shape index (κ3) is 3.22. The van der Waals surface area contributed by atoms with E-state index in [1.807, 2.05) is 0 Å². The average Bonchev–Trinajstić information content (AvgIpc) is 3.33. The van der Waals surface area contributed by atoms with Gasteiger partial charge in [0.1, 0.15) is 6.04 Å². The summed E-state index contributed by atoms with van der Waals surface area (Å²) in [6, 6.07) is -0.843. The van der Waals surface area contributed by atoms with Crippen molar-refractivity contribution in [1.82, 2.24) is 10.2 Å². The first-order valence-electron chi connectivity index (χ1n) is 7.57. The largest absolute Gasteiger partial charge is 0.480 e. The summed E-state index contributed by atoms with van der Waals surface area (Å²) in [5.41, 5.74) is 0. The van der Waals surface area contributed by atoms with Gasteiger partial charge in [-0.15, -0.1) is 11.8 Å². The molecule has 1 saturated heterocycles. The van der Waals surface area contributed by atoms with Gasteiger partial charge in [-0.05, 0) is 37.5 Å². The maximum atomic E-state index is 12.3. The number of carbonyl (C=O) groups is 2. The maximum Gasteiger partial charge on any atom is 0.327 e. The highest BCUT2D eigenvalue weighted by atomic mass is 32.2. The Bertz CT molecular complexity index is 396. The number of aliphatic carboxylic acids is 1. The molecule has 0 aromatic heterocycles. The van der Waals surface area contributed by atoms with Crippen LogP contribution >= 0.6 is 11.8 Å². The second-order valence-corrected chi connectivity index (χ2v) is 7.29. The smallest absolute Gasteiger partial charge is 0.327 e. The van der Waals surface area contributed by atoms with Crippen molar-refractivity contribution >= 4 is 23.8 Å². The van der Waals surface area contributed by atoms with Crippen molar-refractivity contribution in [2.45, 2.75) is 49.9 Å². The number of hydrogen-bond donors (Lipinski definition) is 2. The minimum atomic E-state index is -0.881. The molecule has 2 N–H and O–H groups in total. The summed E-state index contributed by atoms with van der Waals surface area (Å²) >= 11 is 1.62. The lowest BCUT2D eigenvalue weighted by Crippen LogP contribution is -2.50. The predicted molar refractivity (Wildman–Crippen MR) is 77.6 cm³/mol. The molecule has 2 atom stereocenters. The van der Waals surface area contributed by atoms with Gasteiger partial charge >= 0.3 is 12.0 Å². The maximum absolute atomic E-state index is 12.3. The van der Waals surface area contributed by atoms with Crippen molar-refractivity contribution in [2.75, 3.05) is 12.3 Å². The molecule has 0 bridgehead atoms. The number of amides is 2. The van der Waals surface area contributed by atoms with Crippen LogP contribution in [0.15, 0.2) is 0 Å². The Labute approximate surface area is 123 Å². The van der Waals surface area contributed by atoms with Crippen molar-refractivity contribution in [3.05, 3.63) is 0 Å². The minimum Gasteiger partial charge on any atom is -0.480 e. The van der Waals surface area contributed by atoms with E-state index >= 15 is 0 Å². The summed E-state index contributed by atoms with van der Waals surface area (Å²) in [5, 5.41) is 12.3. The number of carboxylic acid groups (broad SMARTS) is 1. The lowest BCUT2D eigenvalue weighted by Gasteiger charge is -2.27. The van der Waals surface area contributed by atoms with E-state index in [2.05, 4.69) is 5.32 Å². The summed E-state index contributed by atoms with van der Waals surface area (Å²) in [7, 11) is 0. The Balaban J connectivity index is 1.52. The van der Waals surface area contributed by atoms with Crippen LogP contribution in [0.4, 0.5) is 4.79 Å². The second-order valence-electron chi connectivity index (χ2n) is 6.14. The molecule has 0 aromatic carbocycles. The number of hydrogen-bond acceptors (Lipinski definition) is 3. The Kier molecular flexibility index (Phi) is 4.10. The topological polar surface area (TPSA) is 69.6 Å². The first-order valence-corrected chi connectivity index (χ1v) is 8.62. The van der Waals surface area contributed by atoms with Gasteiger partial charge in [0.15, 0.2) is 0 Å². The van der Waals surface area contributed by atoms with Crippen LogP contribution in [0.3, 0.4) is 0 Å². The van der Waals surface area contributed by atoms with Gasteiger partial charge in [0.25, 0.3) is 0 Å². The lowest BCUT2D eigenvalue weighted by molar-refractivity contribution is -0.141. The number of urea groups is 1. The molecule has 5 nitrogen and oxygen atoms in total. The standard InChI is InChI=1S/C14H22N2O3S/c17-13(18)11-8-20-12(10-5-6-10)16(11)14(19)15-7-1-2-9-3-4-9/h9-12H,1-8H2,(H,15,19)(H,17,18). The van der Waals surface area contributed by atoms with Crippen LogP contribution in [0.1, 0.15) is 38.5 Å². The van der Waals surface area contributed by atoms with Crippen molar-refractivity contribution in [2.24, 2.45) is 11.8 Å². The van der Waals surface area contributed by atoms with Crippen LogP contribution in [0.5, 0.6) is 0 Å². The number of carbonyl (C=O) groups excluding carboxylic acids is 1. The van der Waals surface area contributed by atoms with Gasteiger partial charge in [-0.25, -0.2) is 9.59 Å². The number of nitrogens with one attached hydrogen (secondary N) is 1. The molecule has 0 spiro atoms. The van der Waals surface area contributed by atoms with Crippen LogP contribution in [-0.2, 0) is 4.79 Å². The molecule has 2 unspecified atom stereocenters. The fraction of sp³-hybridized carbons (Fsp3) is 0.857. The van der Waals surface area contributed by atoms with E-state index in [1.54, 1.807) is 16.7 Å². The molecule has 1 heterocycles. The molecule has 0 aromatic rings. The predicted octanol–water partition coefficient (Wildman–Crippen LogP) is 2.12. The van der Waals surface area contributed by atoms with E-state index in [0.29, 0.717) is 18.2 Å². The minimum absolute atomic E-state index is 0.0690. The summed E-state index contributed by atoms with van der Waals surface area (Å²) in [5.74, 6) is 1.02. The van der Waals surface area contributed by atoms with E-state index in [4.69, 9.17) is 0 Å². The van der Waals surface area contributed by atoms with E-state index in [1.165, 1.54) is 19.3 Å². The van der Waals surface area contributed by atoms with Gasteiger partial charge in [0.2, 0.25) is 0 Å². The molecular weight excluding hydrogens is 276 g/mol. The van der Waals surface area contributed by atoms with Gasteiger partial charge in [0.05, 0.1) is 5.37 Å². The van der Waals surface area contributed by atoms with Crippen LogP contribution in [0.25, 0.3) is 0 Å². The van der Waals surface area contributed by atoms with Gasteiger partial charge in [-0.1, -0.05) is 12.8 Å². The number of thioether (sulfide) groups is 1. The van der Waals surface area contributed by atoms with Gasteiger partial charge < -0.3 is 10.4 Å². The SMILES string of the molecule is O=C(O)C1CSC(C2CC2)N1C(=O)NCCCC1CC1. The Morgan fingerprint density at radius 3 is 2.60 bits per heavy atom. The molecule has 1 aliphatic heterocycles. The molecule has 0 radical (unpaired) electrons. The molecule has 2 aliphatic carbocycles. The zero-order valence-corrected chi connectivity index (χ0v) is 12.4. The van der Waals surface area contributed by atoms with Crippen molar-refractivity contribution in [3.63, 3.8) is 0 Å². The fourth-order valence-corrected chi connectivity index (χ4v) is 4.43. The highest BCUT2D eigenvalue weighted by Crippen LogP contribution is 2.45. The molecule has 2 amide bonds. The third-order valence-electron chi connectivity index (χ3n) is 4.34. The zero-order valence-electron chi connectivity index (χ0n) is 11.6. The molecule has 3 fully saturated rings. The Morgan fingerprint density at radius 2 is 2.00 bits per heavy atom. The quantitative estimate of drug-likeness (QED) is 0.737. The number of carboxylic acids is 1. The average molecular weight is 298 g/mol. The second kappa shape index (κ2) is 5.84. The van der Waals surface area contributed by atoms with Crippen molar-refractivity contribution < 1.29 is 14.7 Å². The zero-order chi connectivity index (χ0) is 14.1. The van der Waals surface area contributed by atoms with Crippen molar-refractivity contribution in [3.8, 4) is 0 Å². The fourth-order valence-electron chi connectivity index (χ4n) is 2.80. The first-order chi connectivity index (χ1) is 9.66. The van der Waals surface area contributed by atoms with E-state index in [0.717, 1.165) is 25.2 Å². The monoisotopic (exact) mass is 298 g/mol. The van der Waals surface area contributed by atoms with Gasteiger partial charge in [-0.2, -0.15) is 0 Å². The normalized spacial score (nSPS) is 29.5. The van der Waals surface area contributed by atoms with Gasteiger partial charge in [0, 0.05) is 12.3 Å². The molecule has 20 heavy (non-hydrogen) atoms. The third-order valence-corrected chi connectivity index (χ3v) is 5.80. The first kappa shape index (κ1) is 14.0. The van der Waals surface area contributed by atoms with E-state index in [9.17, 15) is 14.7 Å². The summed E-state index contributed by atoms with van der Waals surface area (Å²) in [4.78, 5) is 25.2. The molecule has 3 aliphatic rings. The van der Waals surface area contributed by atoms with Crippen LogP contribution in [0.2, 0.25) is 0 Å². The summed E-state index contributed by atoms with van der Waals surface area (Å²) in [6.07, 6.45) is 7.10. The molecule has 3 rings (SSSR count). The van der Waals surface area contributed by atoms with Crippen LogP contribution in [-0.4, -0.2) is 45.7 Å². The summed E-state index contributed by atoms with van der Waals surface area (Å²) in [6.45, 7) is 0.667. The highest BCUT2D eigenvalue weighted by Gasteiger charge is 2.48. The Hall–Kier alpha value is -0.910.